The van der Waals surface area contributed by atoms with Gasteiger partial charge in [0.15, 0.2) is 0 Å². The van der Waals surface area contributed by atoms with E-state index in [-0.39, 0.29) is 11.8 Å². The fourth-order valence-electron chi connectivity index (χ4n) is 2.32. The molecule has 2 rings (SSSR count). The Morgan fingerprint density at radius 3 is 2.43 bits per heavy atom. The number of nitrogens with one attached hydrogen (secondary N) is 1. The van der Waals surface area contributed by atoms with Gasteiger partial charge in [-0.1, -0.05) is 6.92 Å². The van der Waals surface area contributed by atoms with Crippen LogP contribution in [0.15, 0.2) is 24.3 Å². The molecule has 114 valence electrons. The topological polar surface area (TPSA) is 58.6 Å². The predicted molar refractivity (Wildman–Crippen MR) is 81.4 cm³/mol. The van der Waals surface area contributed by atoms with Gasteiger partial charge in [-0.25, -0.2) is 0 Å². The lowest BCUT2D eigenvalue weighted by Crippen LogP contribution is -2.67. The largest absolute Gasteiger partial charge is 0.494 e. The zero-order chi connectivity index (χ0) is 15.6. The quantitative estimate of drug-likeness (QED) is 0.924. The number of carbonyl (C=O) groups is 2. The zero-order valence-electron chi connectivity index (χ0n) is 13.0. The van der Waals surface area contributed by atoms with Crippen LogP contribution >= 0.6 is 0 Å². The van der Waals surface area contributed by atoms with E-state index >= 15 is 0 Å². The maximum absolute atomic E-state index is 12.5. The first-order chi connectivity index (χ1) is 9.86. The minimum absolute atomic E-state index is 0.114. The standard InChI is InChI=1S/C16H22N2O3/c1-5-10-21-13-8-6-12(7-9-13)18-11(2)14(19)17-16(3,4)15(18)20/h6-9,11H,5,10H2,1-4H3,(H,17,19). The van der Waals surface area contributed by atoms with Gasteiger partial charge in [0.1, 0.15) is 17.3 Å². The van der Waals surface area contributed by atoms with Crippen LogP contribution in [-0.4, -0.2) is 30.0 Å². The molecule has 1 aliphatic heterocycles. The Morgan fingerprint density at radius 2 is 1.86 bits per heavy atom. The molecule has 0 aliphatic carbocycles. The molecule has 0 radical (unpaired) electrons. The maximum atomic E-state index is 12.5. The normalized spacial score (nSPS) is 21.1. The third-order valence-corrected chi connectivity index (χ3v) is 3.54. The van der Waals surface area contributed by atoms with E-state index in [2.05, 4.69) is 5.32 Å². The fourth-order valence-corrected chi connectivity index (χ4v) is 2.32. The SMILES string of the molecule is CCCOc1ccc(N2C(=O)C(C)(C)NC(=O)C2C)cc1. The lowest BCUT2D eigenvalue weighted by atomic mass is 9.96. The third kappa shape index (κ3) is 3.01. The molecule has 0 spiro atoms. The second-order valence-electron chi connectivity index (χ2n) is 5.81. The summed E-state index contributed by atoms with van der Waals surface area (Å²) in [4.78, 5) is 26.1. The van der Waals surface area contributed by atoms with Crippen molar-refractivity contribution in [1.29, 1.82) is 0 Å². The van der Waals surface area contributed by atoms with Gasteiger partial charge < -0.3 is 10.1 Å². The van der Waals surface area contributed by atoms with Gasteiger partial charge in [0.2, 0.25) is 5.91 Å². The maximum Gasteiger partial charge on any atom is 0.252 e. The van der Waals surface area contributed by atoms with Crippen LogP contribution in [0.2, 0.25) is 0 Å². The minimum Gasteiger partial charge on any atom is -0.494 e. The Labute approximate surface area is 125 Å². The molecule has 1 aliphatic rings. The highest BCUT2D eigenvalue weighted by Crippen LogP contribution is 2.27. The first-order valence-electron chi connectivity index (χ1n) is 7.25. The van der Waals surface area contributed by atoms with Crippen LogP contribution in [0.25, 0.3) is 0 Å². The van der Waals surface area contributed by atoms with Crippen LogP contribution in [0.5, 0.6) is 5.75 Å². The molecule has 21 heavy (non-hydrogen) atoms. The summed E-state index contributed by atoms with van der Waals surface area (Å²) in [6.45, 7) is 7.86. The molecular weight excluding hydrogens is 268 g/mol. The molecule has 5 heteroatoms. The summed E-state index contributed by atoms with van der Waals surface area (Å²) in [6, 6.07) is 6.75. The Hall–Kier alpha value is -2.04. The van der Waals surface area contributed by atoms with Crippen molar-refractivity contribution in [1.82, 2.24) is 5.32 Å². The molecule has 0 saturated carbocycles. The van der Waals surface area contributed by atoms with Gasteiger partial charge in [-0.05, 0) is 51.5 Å². The smallest absolute Gasteiger partial charge is 0.252 e. The highest BCUT2D eigenvalue weighted by molar-refractivity contribution is 6.10. The molecule has 2 amide bonds. The Kier molecular flexibility index (Phi) is 4.21. The Balaban J connectivity index is 2.26. The second-order valence-corrected chi connectivity index (χ2v) is 5.81. The second kappa shape index (κ2) is 5.76. The highest BCUT2D eigenvalue weighted by atomic mass is 16.5. The van der Waals surface area contributed by atoms with E-state index in [1.807, 2.05) is 31.2 Å². The summed E-state index contributed by atoms with van der Waals surface area (Å²) in [7, 11) is 0. The van der Waals surface area contributed by atoms with Crippen LogP contribution in [0.4, 0.5) is 5.69 Å². The number of benzene rings is 1. The van der Waals surface area contributed by atoms with Crippen LogP contribution in [0.3, 0.4) is 0 Å². The Morgan fingerprint density at radius 1 is 1.24 bits per heavy atom. The number of amides is 2. The van der Waals surface area contributed by atoms with E-state index in [1.165, 1.54) is 0 Å². The predicted octanol–water partition coefficient (Wildman–Crippen LogP) is 2.11. The van der Waals surface area contributed by atoms with Gasteiger partial charge in [0, 0.05) is 5.69 Å². The summed E-state index contributed by atoms with van der Waals surface area (Å²) in [5, 5.41) is 2.74. The number of hydrogen-bond acceptors (Lipinski definition) is 3. The molecule has 1 atom stereocenters. The lowest BCUT2D eigenvalue weighted by Gasteiger charge is -2.41. The van der Waals surface area contributed by atoms with Gasteiger partial charge in [-0.2, -0.15) is 0 Å². The summed E-state index contributed by atoms with van der Waals surface area (Å²) in [6.07, 6.45) is 0.942. The van der Waals surface area contributed by atoms with E-state index in [1.54, 1.807) is 25.7 Å². The van der Waals surface area contributed by atoms with Crippen LogP contribution in [-0.2, 0) is 9.59 Å². The molecule has 0 bridgehead atoms. The lowest BCUT2D eigenvalue weighted by molar-refractivity contribution is -0.136. The van der Waals surface area contributed by atoms with E-state index in [9.17, 15) is 9.59 Å². The van der Waals surface area contributed by atoms with E-state index in [0.29, 0.717) is 12.3 Å². The average molecular weight is 290 g/mol. The monoisotopic (exact) mass is 290 g/mol. The highest BCUT2D eigenvalue weighted by Gasteiger charge is 2.43. The fraction of sp³-hybridized carbons (Fsp3) is 0.500. The van der Waals surface area contributed by atoms with E-state index in [4.69, 9.17) is 4.74 Å². The molecule has 5 nitrogen and oxygen atoms in total. The molecule has 1 saturated heterocycles. The molecular formula is C16H22N2O3. The van der Waals surface area contributed by atoms with Crippen LogP contribution < -0.4 is 15.0 Å². The van der Waals surface area contributed by atoms with Crippen LogP contribution in [0, 0.1) is 0 Å². The molecule has 1 aromatic carbocycles. The summed E-state index contributed by atoms with van der Waals surface area (Å²) < 4.78 is 5.53. The molecule has 0 aromatic heterocycles. The van der Waals surface area contributed by atoms with Gasteiger partial charge in [0.05, 0.1) is 6.61 Å². The first kappa shape index (κ1) is 15.4. The van der Waals surface area contributed by atoms with Crippen molar-refractivity contribution in [2.45, 2.75) is 45.7 Å². The molecule has 1 unspecified atom stereocenters. The van der Waals surface area contributed by atoms with Gasteiger partial charge >= 0.3 is 0 Å². The molecule has 1 heterocycles. The molecule has 1 aromatic rings. The van der Waals surface area contributed by atoms with Crippen molar-refractivity contribution in [2.24, 2.45) is 0 Å². The van der Waals surface area contributed by atoms with Crippen molar-refractivity contribution in [3.8, 4) is 5.75 Å². The Bertz CT molecular complexity index is 537. The zero-order valence-corrected chi connectivity index (χ0v) is 13.0. The third-order valence-electron chi connectivity index (χ3n) is 3.54. The minimum atomic E-state index is -0.888. The summed E-state index contributed by atoms with van der Waals surface area (Å²) >= 11 is 0. The number of piperazine rings is 1. The van der Waals surface area contributed by atoms with Crippen molar-refractivity contribution in [2.75, 3.05) is 11.5 Å². The number of carbonyl (C=O) groups excluding carboxylic acids is 2. The van der Waals surface area contributed by atoms with Crippen molar-refractivity contribution >= 4 is 17.5 Å². The van der Waals surface area contributed by atoms with Crippen molar-refractivity contribution in [3.63, 3.8) is 0 Å². The molecule has 1 fully saturated rings. The number of rotatable bonds is 4. The van der Waals surface area contributed by atoms with Crippen molar-refractivity contribution in [3.05, 3.63) is 24.3 Å². The number of hydrogen-bond donors (Lipinski definition) is 1. The number of anilines is 1. The van der Waals surface area contributed by atoms with E-state index in [0.717, 1.165) is 12.2 Å². The summed E-state index contributed by atoms with van der Waals surface area (Å²) in [5.41, 5.74) is -0.180. The average Bonchev–Trinajstić information content (AvgIpc) is 2.44. The van der Waals surface area contributed by atoms with Crippen LogP contribution in [0.1, 0.15) is 34.1 Å². The summed E-state index contributed by atoms with van der Waals surface area (Å²) in [5.74, 6) is 0.504. The van der Waals surface area contributed by atoms with Gasteiger partial charge in [-0.3, -0.25) is 14.5 Å². The van der Waals surface area contributed by atoms with E-state index < -0.39 is 11.6 Å². The number of nitrogens with zero attached hydrogens (tertiary/aromatic N) is 1. The van der Waals surface area contributed by atoms with Gasteiger partial charge in [-0.15, -0.1) is 0 Å². The molecule has 1 N–H and O–H groups in total. The first-order valence-corrected chi connectivity index (χ1v) is 7.25. The number of ether oxygens (including phenoxy) is 1. The van der Waals surface area contributed by atoms with Gasteiger partial charge in [0.25, 0.3) is 5.91 Å². The van der Waals surface area contributed by atoms with Crippen molar-refractivity contribution < 1.29 is 14.3 Å².